The maximum Gasteiger partial charge on any atom is 0.245 e. The molecular formula is C27H28N2O3S. The zero-order chi connectivity index (χ0) is 22.7. The molecule has 1 saturated heterocycles. The molecule has 6 heteroatoms. The first kappa shape index (κ1) is 22.0. The predicted molar refractivity (Wildman–Crippen MR) is 131 cm³/mol. The fourth-order valence-corrected chi connectivity index (χ4v) is 5.56. The Morgan fingerprint density at radius 1 is 0.879 bits per heavy atom. The smallest absolute Gasteiger partial charge is 0.245 e. The average Bonchev–Trinajstić information content (AvgIpc) is 3.03. The number of nitrogens with zero attached hydrogens (tertiary/aromatic N) is 2. The molecule has 0 spiro atoms. The highest BCUT2D eigenvalue weighted by atomic mass is 32.2. The highest BCUT2D eigenvalue weighted by molar-refractivity contribution is 7.99. The fourth-order valence-electron chi connectivity index (χ4n) is 4.51. The zero-order valence-electron chi connectivity index (χ0n) is 18.5. The van der Waals surface area contributed by atoms with Crippen molar-refractivity contribution >= 4 is 29.0 Å². The molecule has 3 aromatic carbocycles. The van der Waals surface area contributed by atoms with Crippen molar-refractivity contribution in [3.8, 4) is 5.75 Å². The number of fused-ring (bicyclic) bond motifs is 2. The lowest BCUT2D eigenvalue weighted by molar-refractivity contribution is -0.119. The molecule has 170 valence electrons. The van der Waals surface area contributed by atoms with E-state index in [1.165, 1.54) is 0 Å². The van der Waals surface area contributed by atoms with Gasteiger partial charge in [0.1, 0.15) is 12.4 Å². The first-order chi connectivity index (χ1) is 16.1. The van der Waals surface area contributed by atoms with Gasteiger partial charge in [-0.3, -0.25) is 14.6 Å². The first-order valence-corrected chi connectivity index (χ1v) is 12.2. The topological polar surface area (TPSA) is 53.0 Å². The lowest BCUT2D eigenvalue weighted by atomic mass is 9.96. The molecule has 0 radical (unpaired) electrons. The van der Waals surface area contributed by atoms with E-state index in [9.17, 15) is 9.90 Å². The quantitative estimate of drug-likeness (QED) is 0.573. The molecule has 0 unspecified atom stereocenters. The van der Waals surface area contributed by atoms with Gasteiger partial charge in [0.2, 0.25) is 5.91 Å². The summed E-state index contributed by atoms with van der Waals surface area (Å²) < 4.78 is 5.85. The number of para-hydroxylation sites is 3. The zero-order valence-corrected chi connectivity index (χ0v) is 19.3. The summed E-state index contributed by atoms with van der Waals surface area (Å²) in [5.74, 6) is 0.823. The SMILES string of the molecule is O=C(CN1CCC[C@](O)(COc2ccccc2)CC1)N1c2ccccc2Sc2ccccc21. The van der Waals surface area contributed by atoms with Gasteiger partial charge >= 0.3 is 0 Å². The van der Waals surface area contributed by atoms with Gasteiger partial charge in [-0.2, -0.15) is 0 Å². The van der Waals surface area contributed by atoms with Crippen LogP contribution in [-0.4, -0.2) is 47.8 Å². The number of rotatable bonds is 5. The maximum absolute atomic E-state index is 13.6. The van der Waals surface area contributed by atoms with E-state index in [1.807, 2.05) is 71.6 Å². The summed E-state index contributed by atoms with van der Waals surface area (Å²) in [6.45, 7) is 2.03. The van der Waals surface area contributed by atoms with Crippen LogP contribution in [0.4, 0.5) is 11.4 Å². The summed E-state index contributed by atoms with van der Waals surface area (Å²) in [5, 5.41) is 11.1. The second-order valence-corrected chi connectivity index (χ2v) is 9.81. The molecule has 1 amide bonds. The molecule has 5 nitrogen and oxygen atoms in total. The third kappa shape index (κ3) is 4.93. The molecule has 0 saturated carbocycles. The van der Waals surface area contributed by atoms with Crippen LogP contribution >= 0.6 is 11.8 Å². The van der Waals surface area contributed by atoms with E-state index in [1.54, 1.807) is 11.8 Å². The standard InChI is InChI=1S/C27H28N2O3S/c30-26(29-22-11-4-6-13-24(22)33-25-14-7-5-12-23(25)29)19-28-17-8-15-27(31,16-18-28)20-32-21-9-2-1-3-10-21/h1-7,9-14,31H,8,15-20H2/t27-/m1/s1. The van der Waals surface area contributed by atoms with E-state index >= 15 is 0 Å². The number of hydrogen-bond acceptors (Lipinski definition) is 5. The van der Waals surface area contributed by atoms with Gasteiger partial charge in [-0.15, -0.1) is 0 Å². The molecule has 3 aromatic rings. The van der Waals surface area contributed by atoms with Gasteiger partial charge in [0.25, 0.3) is 0 Å². The van der Waals surface area contributed by atoms with Crippen molar-refractivity contribution < 1.29 is 14.6 Å². The van der Waals surface area contributed by atoms with Crippen molar-refractivity contribution in [2.45, 2.75) is 34.7 Å². The van der Waals surface area contributed by atoms with Crippen LogP contribution in [0.15, 0.2) is 88.7 Å². The van der Waals surface area contributed by atoms with Crippen LogP contribution in [0, 0.1) is 0 Å². The Morgan fingerprint density at radius 3 is 2.21 bits per heavy atom. The highest BCUT2D eigenvalue weighted by Crippen LogP contribution is 2.47. The van der Waals surface area contributed by atoms with E-state index in [-0.39, 0.29) is 12.5 Å². The van der Waals surface area contributed by atoms with Crippen molar-refractivity contribution in [3.63, 3.8) is 0 Å². The molecule has 2 aliphatic rings. The van der Waals surface area contributed by atoms with Crippen LogP contribution in [0.3, 0.4) is 0 Å². The molecular weight excluding hydrogens is 432 g/mol. The van der Waals surface area contributed by atoms with Crippen molar-refractivity contribution in [1.29, 1.82) is 0 Å². The monoisotopic (exact) mass is 460 g/mol. The number of benzene rings is 3. The highest BCUT2D eigenvalue weighted by Gasteiger charge is 2.33. The minimum atomic E-state index is -0.880. The van der Waals surface area contributed by atoms with Crippen molar-refractivity contribution in [2.24, 2.45) is 0 Å². The molecule has 0 aromatic heterocycles. The number of amides is 1. The number of carbonyl (C=O) groups is 1. The van der Waals surface area contributed by atoms with E-state index < -0.39 is 5.60 Å². The maximum atomic E-state index is 13.6. The molecule has 1 N–H and O–H groups in total. The first-order valence-electron chi connectivity index (χ1n) is 11.4. The molecule has 1 atom stereocenters. The molecule has 1 fully saturated rings. The summed E-state index contributed by atoms with van der Waals surface area (Å²) in [7, 11) is 0. The summed E-state index contributed by atoms with van der Waals surface area (Å²) in [6, 6.07) is 25.7. The third-order valence-electron chi connectivity index (χ3n) is 6.30. The molecule has 33 heavy (non-hydrogen) atoms. The van der Waals surface area contributed by atoms with Gasteiger partial charge in [0.15, 0.2) is 0 Å². The average molecular weight is 461 g/mol. The number of anilines is 2. The third-order valence-corrected chi connectivity index (χ3v) is 7.43. The van der Waals surface area contributed by atoms with E-state index in [2.05, 4.69) is 17.0 Å². The van der Waals surface area contributed by atoms with E-state index in [4.69, 9.17) is 4.74 Å². The number of ether oxygens (including phenoxy) is 1. The van der Waals surface area contributed by atoms with Crippen LogP contribution in [0.2, 0.25) is 0 Å². The second kappa shape index (κ2) is 9.59. The van der Waals surface area contributed by atoms with Gasteiger partial charge in [-0.1, -0.05) is 54.2 Å². The Balaban J connectivity index is 1.26. The molecule has 0 aliphatic carbocycles. The van der Waals surface area contributed by atoms with Crippen molar-refractivity contribution in [3.05, 3.63) is 78.9 Å². The predicted octanol–water partition coefficient (Wildman–Crippen LogP) is 5.11. The number of carbonyl (C=O) groups excluding carboxylic acids is 1. The summed E-state index contributed by atoms with van der Waals surface area (Å²) in [5.41, 5.74) is 0.997. The summed E-state index contributed by atoms with van der Waals surface area (Å²) in [6.07, 6.45) is 2.07. The van der Waals surface area contributed by atoms with Gasteiger partial charge in [0, 0.05) is 16.3 Å². The largest absolute Gasteiger partial charge is 0.491 e. The van der Waals surface area contributed by atoms with E-state index in [0.29, 0.717) is 25.9 Å². The number of likely N-dealkylation sites (tertiary alicyclic amines) is 1. The Labute approximate surface area is 199 Å². The lowest BCUT2D eigenvalue weighted by Gasteiger charge is -2.32. The Hall–Kier alpha value is -2.80. The van der Waals surface area contributed by atoms with Crippen LogP contribution < -0.4 is 9.64 Å². The van der Waals surface area contributed by atoms with Gasteiger partial charge < -0.3 is 9.84 Å². The summed E-state index contributed by atoms with van der Waals surface area (Å²) in [4.78, 5) is 19.8. The van der Waals surface area contributed by atoms with Crippen LogP contribution in [0.5, 0.6) is 5.75 Å². The van der Waals surface area contributed by atoms with Gasteiger partial charge in [-0.25, -0.2) is 0 Å². The van der Waals surface area contributed by atoms with Crippen LogP contribution in [-0.2, 0) is 4.79 Å². The fraction of sp³-hybridized carbons (Fsp3) is 0.296. The van der Waals surface area contributed by atoms with Gasteiger partial charge in [0.05, 0.1) is 23.5 Å². The minimum Gasteiger partial charge on any atom is -0.491 e. The van der Waals surface area contributed by atoms with Crippen molar-refractivity contribution in [1.82, 2.24) is 4.90 Å². The Kier molecular flexibility index (Phi) is 6.40. The minimum absolute atomic E-state index is 0.0566. The van der Waals surface area contributed by atoms with Crippen LogP contribution in [0.25, 0.3) is 0 Å². The molecule has 2 heterocycles. The van der Waals surface area contributed by atoms with Crippen LogP contribution in [0.1, 0.15) is 19.3 Å². The second-order valence-electron chi connectivity index (χ2n) is 8.72. The van der Waals surface area contributed by atoms with E-state index in [0.717, 1.165) is 39.9 Å². The number of aliphatic hydroxyl groups is 1. The molecule has 0 bridgehead atoms. The molecule has 2 aliphatic heterocycles. The van der Waals surface area contributed by atoms with Crippen molar-refractivity contribution in [2.75, 3.05) is 31.1 Å². The molecule has 5 rings (SSSR count). The normalized spacial score (nSPS) is 20.5. The Morgan fingerprint density at radius 2 is 1.52 bits per heavy atom. The lowest BCUT2D eigenvalue weighted by Crippen LogP contribution is -2.41. The van der Waals surface area contributed by atoms with Gasteiger partial charge in [-0.05, 0) is 62.2 Å². The Bertz CT molecular complexity index is 1080. The summed E-state index contributed by atoms with van der Waals surface area (Å²) >= 11 is 1.70. The number of hydrogen-bond donors (Lipinski definition) is 1.